The van der Waals surface area contributed by atoms with Crippen LogP contribution in [0.1, 0.15) is 56.1 Å². The lowest BCUT2D eigenvalue weighted by atomic mass is 9.75. The normalized spacial score (nSPS) is 23.4. The molecule has 0 aromatic heterocycles. The summed E-state index contributed by atoms with van der Waals surface area (Å²) in [5, 5.41) is 0. The highest BCUT2D eigenvalue weighted by molar-refractivity contribution is 5.31. The van der Waals surface area contributed by atoms with Crippen LogP contribution in [0.15, 0.2) is 24.3 Å². The van der Waals surface area contributed by atoms with E-state index in [1.165, 1.54) is 44.2 Å². The fraction of sp³-hybridized carbons (Fsp3) is 0.647. The Morgan fingerprint density at radius 2 is 1.38 bits per heavy atom. The zero-order valence-electron chi connectivity index (χ0n) is 12.3. The molecular weight excluding hydrogens is 275 g/mol. The molecule has 0 bridgehead atoms. The average molecular weight is 297 g/mol. The molecule has 1 saturated heterocycles. The number of likely N-dealkylation sites (tertiary alicyclic amines) is 1. The largest absolute Gasteiger partial charge is 0.416 e. The lowest BCUT2D eigenvalue weighted by molar-refractivity contribution is -0.137. The Bertz CT molecular complexity index is 466. The maximum atomic E-state index is 12.7. The molecule has 0 spiro atoms. The van der Waals surface area contributed by atoms with Gasteiger partial charge in [-0.15, -0.1) is 0 Å². The molecule has 116 valence electrons. The molecule has 1 aliphatic carbocycles. The van der Waals surface area contributed by atoms with Gasteiger partial charge >= 0.3 is 6.18 Å². The monoisotopic (exact) mass is 297 g/mol. The molecule has 2 fully saturated rings. The van der Waals surface area contributed by atoms with Gasteiger partial charge in [0.05, 0.1) is 5.56 Å². The van der Waals surface area contributed by atoms with Gasteiger partial charge in [0.15, 0.2) is 0 Å². The summed E-state index contributed by atoms with van der Waals surface area (Å²) in [6, 6.07) is 5.93. The van der Waals surface area contributed by atoms with Crippen LogP contribution >= 0.6 is 0 Å². The van der Waals surface area contributed by atoms with E-state index in [9.17, 15) is 13.2 Å². The molecule has 1 aromatic rings. The van der Waals surface area contributed by atoms with Gasteiger partial charge in [0.1, 0.15) is 0 Å². The van der Waals surface area contributed by atoms with Crippen molar-refractivity contribution in [2.45, 2.75) is 56.7 Å². The fourth-order valence-electron chi connectivity index (χ4n) is 4.04. The van der Waals surface area contributed by atoms with Crippen LogP contribution in [0.5, 0.6) is 0 Å². The molecule has 1 saturated carbocycles. The number of benzene rings is 1. The summed E-state index contributed by atoms with van der Waals surface area (Å²) >= 11 is 0. The van der Waals surface area contributed by atoms with Crippen molar-refractivity contribution in [3.8, 4) is 0 Å². The highest BCUT2D eigenvalue weighted by atomic mass is 19.4. The smallest absolute Gasteiger partial charge is 0.294 e. The number of hydrogen-bond acceptors (Lipinski definition) is 1. The van der Waals surface area contributed by atoms with Crippen molar-refractivity contribution in [2.75, 3.05) is 13.1 Å². The Morgan fingerprint density at radius 1 is 0.810 bits per heavy atom. The first-order valence-corrected chi connectivity index (χ1v) is 7.95. The second kappa shape index (κ2) is 5.64. The summed E-state index contributed by atoms with van der Waals surface area (Å²) in [6.45, 7) is 2.17. The molecule has 3 rings (SSSR count). The number of alkyl halides is 3. The van der Waals surface area contributed by atoms with E-state index in [4.69, 9.17) is 0 Å². The van der Waals surface area contributed by atoms with Crippen LogP contribution in [0, 0.1) is 0 Å². The van der Waals surface area contributed by atoms with Crippen LogP contribution in [-0.4, -0.2) is 18.0 Å². The molecule has 1 nitrogen and oxygen atoms in total. The maximum Gasteiger partial charge on any atom is 0.416 e. The van der Waals surface area contributed by atoms with Gasteiger partial charge in [-0.25, -0.2) is 0 Å². The Hall–Kier alpha value is -1.03. The molecule has 0 N–H and O–H groups in total. The van der Waals surface area contributed by atoms with E-state index in [0.717, 1.165) is 31.5 Å². The molecule has 1 aromatic carbocycles. The predicted molar refractivity (Wildman–Crippen MR) is 77.0 cm³/mol. The van der Waals surface area contributed by atoms with Gasteiger partial charge in [0.25, 0.3) is 0 Å². The Labute approximate surface area is 124 Å². The summed E-state index contributed by atoms with van der Waals surface area (Å²) in [5.41, 5.74) is 0.523. The van der Waals surface area contributed by atoms with Gasteiger partial charge < -0.3 is 0 Å². The SMILES string of the molecule is FC(F)(F)c1ccc(C2(N3CCCC3)CCCCC2)cc1. The summed E-state index contributed by atoms with van der Waals surface area (Å²) < 4.78 is 38.2. The predicted octanol–water partition coefficient (Wildman–Crippen LogP) is 4.96. The zero-order valence-corrected chi connectivity index (χ0v) is 12.3. The van der Waals surface area contributed by atoms with Crippen molar-refractivity contribution >= 4 is 0 Å². The highest BCUT2D eigenvalue weighted by Gasteiger charge is 2.41. The molecule has 0 atom stereocenters. The minimum atomic E-state index is -4.24. The minimum Gasteiger partial charge on any atom is -0.294 e. The van der Waals surface area contributed by atoms with Crippen LogP contribution < -0.4 is 0 Å². The standard InChI is InChI=1S/C17H22F3N/c18-17(19,20)15-8-6-14(7-9-15)16(10-2-1-3-11-16)21-12-4-5-13-21/h6-9H,1-5,10-13H2. The van der Waals surface area contributed by atoms with E-state index < -0.39 is 11.7 Å². The molecule has 21 heavy (non-hydrogen) atoms. The third kappa shape index (κ3) is 2.83. The second-order valence-corrected chi connectivity index (χ2v) is 6.36. The van der Waals surface area contributed by atoms with Gasteiger partial charge in [-0.2, -0.15) is 13.2 Å². The average Bonchev–Trinajstić information content (AvgIpc) is 3.02. The topological polar surface area (TPSA) is 3.24 Å². The minimum absolute atomic E-state index is 0.0150. The highest BCUT2D eigenvalue weighted by Crippen LogP contribution is 2.44. The first kappa shape index (κ1) is 14.9. The number of hydrogen-bond donors (Lipinski definition) is 0. The third-order valence-corrected chi connectivity index (χ3v) is 5.14. The quantitative estimate of drug-likeness (QED) is 0.745. The van der Waals surface area contributed by atoms with E-state index in [2.05, 4.69) is 4.90 Å². The van der Waals surface area contributed by atoms with Crippen LogP contribution in [0.2, 0.25) is 0 Å². The maximum absolute atomic E-state index is 12.7. The Morgan fingerprint density at radius 3 is 1.90 bits per heavy atom. The lowest BCUT2D eigenvalue weighted by Gasteiger charge is -2.45. The Balaban J connectivity index is 1.92. The van der Waals surface area contributed by atoms with Crippen molar-refractivity contribution in [3.63, 3.8) is 0 Å². The molecule has 0 radical (unpaired) electrons. The van der Waals surface area contributed by atoms with Crippen LogP contribution in [0.4, 0.5) is 13.2 Å². The molecule has 2 aliphatic rings. The van der Waals surface area contributed by atoms with E-state index in [1.54, 1.807) is 12.1 Å². The van der Waals surface area contributed by atoms with E-state index in [1.807, 2.05) is 0 Å². The van der Waals surface area contributed by atoms with Crippen LogP contribution in [0.3, 0.4) is 0 Å². The van der Waals surface area contributed by atoms with E-state index >= 15 is 0 Å². The third-order valence-electron chi connectivity index (χ3n) is 5.14. The van der Waals surface area contributed by atoms with Crippen molar-refractivity contribution in [3.05, 3.63) is 35.4 Å². The van der Waals surface area contributed by atoms with Crippen molar-refractivity contribution < 1.29 is 13.2 Å². The number of halogens is 3. The molecule has 1 heterocycles. The van der Waals surface area contributed by atoms with Crippen LogP contribution in [0.25, 0.3) is 0 Å². The molecule has 1 aliphatic heterocycles. The first-order chi connectivity index (χ1) is 10.0. The number of rotatable bonds is 2. The summed E-state index contributed by atoms with van der Waals surface area (Å²) in [4.78, 5) is 2.52. The molecular formula is C17H22F3N. The second-order valence-electron chi connectivity index (χ2n) is 6.36. The summed E-state index contributed by atoms with van der Waals surface area (Å²) in [7, 11) is 0. The fourth-order valence-corrected chi connectivity index (χ4v) is 4.04. The van der Waals surface area contributed by atoms with E-state index in [0.29, 0.717) is 0 Å². The zero-order chi connectivity index (χ0) is 14.9. The molecule has 4 heteroatoms. The first-order valence-electron chi connectivity index (χ1n) is 7.95. The summed E-state index contributed by atoms with van der Waals surface area (Å²) in [6.07, 6.45) is 3.94. The van der Waals surface area contributed by atoms with Crippen LogP contribution in [-0.2, 0) is 11.7 Å². The van der Waals surface area contributed by atoms with Gasteiger partial charge in [-0.05, 0) is 56.5 Å². The van der Waals surface area contributed by atoms with Crippen molar-refractivity contribution in [1.82, 2.24) is 4.90 Å². The van der Waals surface area contributed by atoms with Crippen molar-refractivity contribution in [2.24, 2.45) is 0 Å². The molecule has 0 unspecified atom stereocenters. The van der Waals surface area contributed by atoms with Crippen molar-refractivity contribution in [1.29, 1.82) is 0 Å². The number of nitrogens with zero attached hydrogens (tertiary/aromatic N) is 1. The van der Waals surface area contributed by atoms with Gasteiger partial charge in [-0.3, -0.25) is 4.90 Å². The summed E-state index contributed by atoms with van der Waals surface area (Å²) in [5.74, 6) is 0. The lowest BCUT2D eigenvalue weighted by Crippen LogP contribution is -2.46. The Kier molecular flexibility index (Phi) is 4.00. The van der Waals surface area contributed by atoms with E-state index in [-0.39, 0.29) is 5.54 Å². The molecule has 0 amide bonds. The van der Waals surface area contributed by atoms with Gasteiger partial charge in [0, 0.05) is 5.54 Å². The van der Waals surface area contributed by atoms with Gasteiger partial charge in [-0.1, -0.05) is 31.4 Å². The van der Waals surface area contributed by atoms with Gasteiger partial charge in [0.2, 0.25) is 0 Å².